The minimum Gasteiger partial charge on any atom is -0.379 e. The van der Waals surface area contributed by atoms with Crippen molar-refractivity contribution in [1.29, 1.82) is 0 Å². The minimum absolute atomic E-state index is 0.0820. The highest BCUT2D eigenvalue weighted by Gasteiger charge is 2.18. The van der Waals surface area contributed by atoms with Gasteiger partial charge in [0.15, 0.2) is 0 Å². The number of carbonyl (C=O) groups is 1. The number of hydrogen-bond acceptors (Lipinski definition) is 3. The highest BCUT2D eigenvalue weighted by molar-refractivity contribution is 9.10. The molecule has 2 rings (SSSR count). The van der Waals surface area contributed by atoms with Crippen LogP contribution in [-0.2, 0) is 16.0 Å². The molecule has 1 aromatic rings. The van der Waals surface area contributed by atoms with Crippen molar-refractivity contribution in [3.8, 4) is 0 Å². The van der Waals surface area contributed by atoms with E-state index in [2.05, 4.69) is 21.2 Å². The molecule has 3 nitrogen and oxygen atoms in total. The molecule has 1 N–H and O–H groups in total. The van der Waals surface area contributed by atoms with Gasteiger partial charge in [0.1, 0.15) is 11.6 Å². The van der Waals surface area contributed by atoms with Gasteiger partial charge in [-0.3, -0.25) is 4.79 Å². The summed E-state index contributed by atoms with van der Waals surface area (Å²) in [6.45, 7) is 2.04. The lowest BCUT2D eigenvalue weighted by Gasteiger charge is -2.23. The van der Waals surface area contributed by atoms with Gasteiger partial charge in [-0.2, -0.15) is 0 Å². The standard InChI is InChI=1S/C13H15BrFNO2/c14-13-9(2-1-3-12(13)15)6-11(17)7-10-8-18-5-4-16-10/h1-3,10,16H,4-8H2. The van der Waals surface area contributed by atoms with Crippen LogP contribution in [0.1, 0.15) is 12.0 Å². The number of ketones is 1. The topological polar surface area (TPSA) is 38.3 Å². The predicted octanol–water partition coefficient (Wildman–Crippen LogP) is 2.08. The summed E-state index contributed by atoms with van der Waals surface area (Å²) in [5.74, 6) is -0.247. The molecule has 1 atom stereocenters. The first-order valence-corrected chi connectivity index (χ1v) is 6.72. The summed E-state index contributed by atoms with van der Waals surface area (Å²) < 4.78 is 19.0. The molecule has 0 bridgehead atoms. The molecule has 0 spiro atoms. The molecule has 1 fully saturated rings. The van der Waals surface area contributed by atoms with Crippen LogP contribution in [0.25, 0.3) is 0 Å². The summed E-state index contributed by atoms with van der Waals surface area (Å²) in [4.78, 5) is 11.9. The Morgan fingerprint density at radius 2 is 2.39 bits per heavy atom. The third-order valence-electron chi connectivity index (χ3n) is 2.89. The molecule has 5 heteroatoms. The van der Waals surface area contributed by atoms with Gasteiger partial charge in [-0.05, 0) is 27.6 Å². The van der Waals surface area contributed by atoms with Crippen molar-refractivity contribution in [2.75, 3.05) is 19.8 Å². The maximum atomic E-state index is 13.3. The first-order chi connectivity index (χ1) is 8.66. The Bertz CT molecular complexity index is 433. The van der Waals surface area contributed by atoms with E-state index in [9.17, 15) is 9.18 Å². The maximum Gasteiger partial charge on any atom is 0.138 e. The van der Waals surface area contributed by atoms with Gasteiger partial charge in [-0.15, -0.1) is 0 Å². The van der Waals surface area contributed by atoms with Gasteiger partial charge in [-0.1, -0.05) is 12.1 Å². The number of Topliss-reactive ketones (excluding diaryl/α,β-unsaturated/α-hetero) is 1. The largest absolute Gasteiger partial charge is 0.379 e. The Morgan fingerprint density at radius 1 is 1.56 bits per heavy atom. The second-order valence-corrected chi connectivity index (χ2v) is 5.15. The molecule has 98 valence electrons. The smallest absolute Gasteiger partial charge is 0.138 e. The summed E-state index contributed by atoms with van der Waals surface area (Å²) in [7, 11) is 0. The number of benzene rings is 1. The summed E-state index contributed by atoms with van der Waals surface area (Å²) in [5, 5.41) is 3.23. The fraction of sp³-hybridized carbons (Fsp3) is 0.462. The number of nitrogens with one attached hydrogen (secondary N) is 1. The Morgan fingerprint density at radius 3 is 3.11 bits per heavy atom. The third kappa shape index (κ3) is 3.60. The fourth-order valence-electron chi connectivity index (χ4n) is 2.00. The van der Waals surface area contributed by atoms with Crippen molar-refractivity contribution >= 4 is 21.7 Å². The lowest BCUT2D eigenvalue weighted by atomic mass is 10.0. The molecule has 0 radical (unpaired) electrons. The van der Waals surface area contributed by atoms with Crippen molar-refractivity contribution in [2.24, 2.45) is 0 Å². The lowest BCUT2D eigenvalue weighted by Crippen LogP contribution is -2.42. The zero-order valence-corrected chi connectivity index (χ0v) is 11.5. The highest BCUT2D eigenvalue weighted by Crippen LogP contribution is 2.21. The van der Waals surface area contributed by atoms with Crippen molar-refractivity contribution in [3.05, 3.63) is 34.1 Å². The summed E-state index contributed by atoms with van der Waals surface area (Å²) >= 11 is 3.17. The van der Waals surface area contributed by atoms with E-state index in [0.29, 0.717) is 29.7 Å². The summed E-state index contributed by atoms with van der Waals surface area (Å²) in [6.07, 6.45) is 0.666. The molecular weight excluding hydrogens is 301 g/mol. The van der Waals surface area contributed by atoms with Crippen molar-refractivity contribution < 1.29 is 13.9 Å². The van der Waals surface area contributed by atoms with Gasteiger partial charge in [0.25, 0.3) is 0 Å². The van der Waals surface area contributed by atoms with Gasteiger partial charge in [0.2, 0.25) is 0 Å². The third-order valence-corrected chi connectivity index (χ3v) is 3.78. The molecule has 0 amide bonds. The van der Waals surface area contributed by atoms with Crippen molar-refractivity contribution in [3.63, 3.8) is 0 Å². The van der Waals surface area contributed by atoms with E-state index >= 15 is 0 Å². The van der Waals surface area contributed by atoms with E-state index in [1.165, 1.54) is 6.07 Å². The number of hydrogen-bond donors (Lipinski definition) is 1. The normalized spacial score (nSPS) is 19.8. The molecule has 0 aromatic heterocycles. The number of morpholine rings is 1. The Kier molecular flexibility index (Phi) is 4.86. The van der Waals surface area contributed by atoms with Crippen LogP contribution in [0, 0.1) is 5.82 Å². The molecule has 0 saturated carbocycles. The van der Waals surface area contributed by atoms with E-state index in [4.69, 9.17) is 4.74 Å². The second kappa shape index (κ2) is 6.41. The van der Waals surface area contributed by atoms with Crippen LogP contribution in [0.15, 0.2) is 22.7 Å². The number of ether oxygens (including phenoxy) is 1. The minimum atomic E-state index is -0.334. The average molecular weight is 316 g/mol. The number of rotatable bonds is 4. The van der Waals surface area contributed by atoms with Crippen LogP contribution in [-0.4, -0.2) is 31.6 Å². The Labute approximate surface area is 114 Å². The second-order valence-electron chi connectivity index (χ2n) is 4.36. The molecule has 18 heavy (non-hydrogen) atoms. The summed E-state index contributed by atoms with van der Waals surface area (Å²) in [5.41, 5.74) is 0.691. The molecular formula is C13H15BrFNO2. The van der Waals surface area contributed by atoms with Crippen LogP contribution >= 0.6 is 15.9 Å². The van der Waals surface area contributed by atoms with Gasteiger partial charge in [-0.25, -0.2) is 4.39 Å². The van der Waals surface area contributed by atoms with Gasteiger partial charge in [0.05, 0.1) is 17.7 Å². The van der Waals surface area contributed by atoms with E-state index in [1.807, 2.05) is 0 Å². The van der Waals surface area contributed by atoms with Crippen LogP contribution in [0.4, 0.5) is 4.39 Å². The van der Waals surface area contributed by atoms with Gasteiger partial charge >= 0.3 is 0 Å². The Hall–Kier alpha value is -0.780. The molecule has 1 aliphatic rings. The molecule has 1 aliphatic heterocycles. The highest BCUT2D eigenvalue weighted by atomic mass is 79.9. The average Bonchev–Trinajstić information content (AvgIpc) is 2.36. The number of carbonyl (C=O) groups excluding carboxylic acids is 1. The monoisotopic (exact) mass is 315 g/mol. The van der Waals surface area contributed by atoms with E-state index in [0.717, 1.165) is 6.54 Å². The first-order valence-electron chi connectivity index (χ1n) is 5.92. The zero-order chi connectivity index (χ0) is 13.0. The summed E-state index contributed by atoms with van der Waals surface area (Å²) in [6, 6.07) is 4.83. The Balaban J connectivity index is 1.92. The molecule has 0 aliphatic carbocycles. The molecule has 1 saturated heterocycles. The fourth-order valence-corrected chi connectivity index (χ4v) is 2.40. The molecule has 1 aromatic carbocycles. The van der Waals surface area contributed by atoms with E-state index in [1.54, 1.807) is 12.1 Å². The SMILES string of the molecule is O=C(Cc1cccc(F)c1Br)CC1COCCN1. The molecule has 1 unspecified atom stereocenters. The first kappa shape index (κ1) is 13.6. The lowest BCUT2D eigenvalue weighted by molar-refractivity contribution is -0.119. The number of halogens is 2. The van der Waals surface area contributed by atoms with E-state index < -0.39 is 0 Å². The van der Waals surface area contributed by atoms with Crippen molar-refractivity contribution in [2.45, 2.75) is 18.9 Å². The van der Waals surface area contributed by atoms with Gasteiger partial charge < -0.3 is 10.1 Å². The zero-order valence-electron chi connectivity index (χ0n) is 9.92. The van der Waals surface area contributed by atoms with Crippen LogP contribution in [0.5, 0.6) is 0 Å². The van der Waals surface area contributed by atoms with Crippen LogP contribution in [0.2, 0.25) is 0 Å². The van der Waals surface area contributed by atoms with Crippen molar-refractivity contribution in [1.82, 2.24) is 5.32 Å². The maximum absolute atomic E-state index is 13.3. The van der Waals surface area contributed by atoms with E-state index in [-0.39, 0.29) is 24.1 Å². The van der Waals surface area contributed by atoms with Crippen LogP contribution in [0.3, 0.4) is 0 Å². The molecule has 1 heterocycles. The van der Waals surface area contributed by atoms with Crippen LogP contribution < -0.4 is 5.32 Å². The quantitative estimate of drug-likeness (QED) is 0.924. The van der Waals surface area contributed by atoms with Gasteiger partial charge in [0, 0.05) is 25.4 Å². The predicted molar refractivity (Wildman–Crippen MR) is 70.0 cm³/mol.